The third kappa shape index (κ3) is 4.02. The monoisotopic (exact) mass is 264 g/mol. The van der Waals surface area contributed by atoms with E-state index < -0.39 is 6.10 Å². The number of rotatable bonds is 5. The number of nitrogens with one attached hydrogen (secondary N) is 2. The van der Waals surface area contributed by atoms with E-state index in [4.69, 9.17) is 4.74 Å². The molecule has 1 fully saturated rings. The molecule has 2 unspecified atom stereocenters. The van der Waals surface area contributed by atoms with Gasteiger partial charge in [-0.15, -0.1) is 0 Å². The van der Waals surface area contributed by atoms with Crippen LogP contribution in [0.3, 0.4) is 0 Å². The van der Waals surface area contributed by atoms with Gasteiger partial charge in [0.1, 0.15) is 0 Å². The van der Waals surface area contributed by atoms with E-state index in [0.29, 0.717) is 26.1 Å². The number of carbonyl (C=O) groups excluding carboxylic acids is 1. The zero-order chi connectivity index (χ0) is 13.7. The van der Waals surface area contributed by atoms with Crippen LogP contribution in [0.25, 0.3) is 0 Å². The van der Waals surface area contributed by atoms with Crippen LogP contribution in [0, 0.1) is 0 Å². The molecule has 5 heteroatoms. The number of ether oxygens (including phenoxy) is 1. The van der Waals surface area contributed by atoms with Gasteiger partial charge in [0.2, 0.25) is 5.91 Å². The highest BCUT2D eigenvalue weighted by Crippen LogP contribution is 2.08. The Balaban J connectivity index is 1.80. The molecule has 1 aromatic rings. The summed E-state index contributed by atoms with van der Waals surface area (Å²) in [5.74, 6) is -0.0579. The molecule has 0 aromatic heterocycles. The summed E-state index contributed by atoms with van der Waals surface area (Å²) in [4.78, 5) is 11.8. The molecule has 0 saturated carbocycles. The lowest BCUT2D eigenvalue weighted by Crippen LogP contribution is -2.39. The van der Waals surface area contributed by atoms with E-state index in [2.05, 4.69) is 10.6 Å². The Bertz CT molecular complexity index is 419. The van der Waals surface area contributed by atoms with Gasteiger partial charge in [0.25, 0.3) is 0 Å². The molecule has 3 N–H and O–H groups in total. The van der Waals surface area contributed by atoms with E-state index in [0.717, 1.165) is 11.1 Å². The number of benzene rings is 1. The number of hydrogen-bond donors (Lipinski definition) is 3. The first kappa shape index (κ1) is 14.0. The van der Waals surface area contributed by atoms with Crippen molar-refractivity contribution in [3.63, 3.8) is 0 Å². The summed E-state index contributed by atoms with van der Waals surface area (Å²) >= 11 is 0. The van der Waals surface area contributed by atoms with Gasteiger partial charge in [0.05, 0.1) is 18.8 Å². The minimum absolute atomic E-state index is 0.0579. The molecule has 1 aliphatic heterocycles. The lowest BCUT2D eigenvalue weighted by Gasteiger charge is -2.11. The smallest absolute Gasteiger partial charge is 0.237 e. The maximum Gasteiger partial charge on any atom is 0.237 e. The van der Waals surface area contributed by atoms with Crippen molar-refractivity contribution >= 4 is 5.91 Å². The van der Waals surface area contributed by atoms with Crippen LogP contribution in [0.4, 0.5) is 0 Å². The number of β-amino-alcohol motifs (C(OH)–C–C–N with tert-alkyl or cyclic N) is 1. The molecule has 1 aromatic carbocycles. The van der Waals surface area contributed by atoms with E-state index >= 15 is 0 Å². The quantitative estimate of drug-likeness (QED) is 0.709. The molecule has 0 spiro atoms. The number of aliphatic hydroxyl groups excluding tert-OH is 1. The van der Waals surface area contributed by atoms with Crippen LogP contribution in [-0.2, 0) is 22.7 Å². The van der Waals surface area contributed by atoms with Crippen molar-refractivity contribution in [1.29, 1.82) is 0 Å². The standard InChI is InChI=1S/C14H20N2O3/c1-19-9-11-4-2-10(3-5-11)7-16-14(18)13-6-12(17)8-15-13/h2-5,12-13,15,17H,6-9H2,1H3,(H,16,18). The zero-order valence-corrected chi connectivity index (χ0v) is 11.1. The highest BCUT2D eigenvalue weighted by Gasteiger charge is 2.27. The normalized spacial score (nSPS) is 22.4. The first-order valence-electron chi connectivity index (χ1n) is 6.45. The van der Waals surface area contributed by atoms with Crippen molar-refractivity contribution in [3.8, 4) is 0 Å². The molecule has 5 nitrogen and oxygen atoms in total. The third-order valence-electron chi connectivity index (χ3n) is 3.22. The van der Waals surface area contributed by atoms with E-state index in [-0.39, 0.29) is 11.9 Å². The van der Waals surface area contributed by atoms with Gasteiger partial charge in [-0.25, -0.2) is 0 Å². The van der Waals surface area contributed by atoms with Crippen molar-refractivity contribution in [1.82, 2.24) is 10.6 Å². The maximum absolute atomic E-state index is 11.8. The van der Waals surface area contributed by atoms with Gasteiger partial charge in [-0.3, -0.25) is 4.79 Å². The number of carbonyl (C=O) groups is 1. The van der Waals surface area contributed by atoms with Gasteiger partial charge in [-0.2, -0.15) is 0 Å². The molecule has 0 bridgehead atoms. The molecule has 0 radical (unpaired) electrons. The second kappa shape index (κ2) is 6.65. The second-order valence-electron chi connectivity index (χ2n) is 4.82. The molecule has 1 saturated heterocycles. The summed E-state index contributed by atoms with van der Waals surface area (Å²) in [6.45, 7) is 1.58. The van der Waals surface area contributed by atoms with Crippen LogP contribution in [-0.4, -0.2) is 36.8 Å². The molecule has 1 heterocycles. The third-order valence-corrected chi connectivity index (χ3v) is 3.22. The van der Waals surface area contributed by atoms with Crippen LogP contribution in [0.15, 0.2) is 24.3 Å². The summed E-state index contributed by atoms with van der Waals surface area (Å²) in [5, 5.41) is 15.2. The number of amides is 1. The van der Waals surface area contributed by atoms with Gasteiger partial charge in [0, 0.05) is 20.2 Å². The fourth-order valence-corrected chi connectivity index (χ4v) is 2.15. The van der Waals surface area contributed by atoms with Crippen LogP contribution in [0.2, 0.25) is 0 Å². The fourth-order valence-electron chi connectivity index (χ4n) is 2.15. The zero-order valence-electron chi connectivity index (χ0n) is 11.1. The molecule has 1 amide bonds. The lowest BCUT2D eigenvalue weighted by molar-refractivity contribution is -0.123. The molecule has 2 rings (SSSR count). The SMILES string of the molecule is COCc1ccc(CNC(=O)C2CC(O)CN2)cc1. The minimum atomic E-state index is -0.413. The van der Waals surface area contributed by atoms with Crippen molar-refractivity contribution < 1.29 is 14.6 Å². The van der Waals surface area contributed by atoms with Crippen molar-refractivity contribution in [2.75, 3.05) is 13.7 Å². The van der Waals surface area contributed by atoms with Crippen LogP contribution >= 0.6 is 0 Å². The summed E-state index contributed by atoms with van der Waals surface area (Å²) in [6, 6.07) is 7.66. The number of aliphatic hydroxyl groups is 1. The van der Waals surface area contributed by atoms with E-state index in [1.165, 1.54) is 0 Å². The minimum Gasteiger partial charge on any atom is -0.392 e. The topological polar surface area (TPSA) is 70.6 Å². The Kier molecular flexibility index (Phi) is 4.90. The highest BCUT2D eigenvalue weighted by molar-refractivity contribution is 5.82. The predicted octanol–water partition coefficient (Wildman–Crippen LogP) is 0.172. The summed E-state index contributed by atoms with van der Waals surface area (Å²) in [5.41, 5.74) is 2.16. The number of hydrogen-bond acceptors (Lipinski definition) is 4. The predicted molar refractivity (Wildman–Crippen MR) is 71.4 cm³/mol. The average molecular weight is 264 g/mol. The van der Waals surface area contributed by atoms with Crippen LogP contribution in [0.1, 0.15) is 17.5 Å². The van der Waals surface area contributed by atoms with Gasteiger partial charge in [-0.1, -0.05) is 24.3 Å². The summed E-state index contributed by atoms with van der Waals surface area (Å²) in [7, 11) is 1.66. The molecular formula is C14H20N2O3. The number of methoxy groups -OCH3 is 1. The average Bonchev–Trinajstić information content (AvgIpc) is 2.85. The Labute approximate surface area is 113 Å². The first-order valence-corrected chi connectivity index (χ1v) is 6.45. The van der Waals surface area contributed by atoms with Crippen molar-refractivity contribution in [3.05, 3.63) is 35.4 Å². The van der Waals surface area contributed by atoms with Crippen LogP contribution in [0.5, 0.6) is 0 Å². The molecule has 104 valence electrons. The van der Waals surface area contributed by atoms with Gasteiger partial charge in [0.15, 0.2) is 0 Å². The maximum atomic E-state index is 11.8. The molecular weight excluding hydrogens is 244 g/mol. The fraction of sp³-hybridized carbons (Fsp3) is 0.500. The second-order valence-corrected chi connectivity index (χ2v) is 4.82. The van der Waals surface area contributed by atoms with Crippen molar-refractivity contribution in [2.45, 2.75) is 31.7 Å². The Morgan fingerprint density at radius 1 is 1.42 bits per heavy atom. The summed E-state index contributed by atoms with van der Waals surface area (Å²) < 4.78 is 5.04. The van der Waals surface area contributed by atoms with Gasteiger partial charge < -0.3 is 20.5 Å². The Morgan fingerprint density at radius 3 is 2.68 bits per heavy atom. The molecule has 0 aliphatic carbocycles. The summed E-state index contributed by atoms with van der Waals surface area (Å²) in [6.07, 6.45) is 0.0718. The molecule has 1 aliphatic rings. The molecule has 19 heavy (non-hydrogen) atoms. The highest BCUT2D eigenvalue weighted by atomic mass is 16.5. The lowest BCUT2D eigenvalue weighted by atomic mass is 10.1. The van der Waals surface area contributed by atoms with E-state index in [1.54, 1.807) is 7.11 Å². The molecule has 2 atom stereocenters. The largest absolute Gasteiger partial charge is 0.392 e. The van der Waals surface area contributed by atoms with E-state index in [1.807, 2.05) is 24.3 Å². The van der Waals surface area contributed by atoms with Gasteiger partial charge in [-0.05, 0) is 17.5 Å². The Hall–Kier alpha value is -1.43. The van der Waals surface area contributed by atoms with Gasteiger partial charge >= 0.3 is 0 Å². The van der Waals surface area contributed by atoms with E-state index in [9.17, 15) is 9.90 Å². The Morgan fingerprint density at radius 2 is 2.11 bits per heavy atom. The van der Waals surface area contributed by atoms with Crippen LogP contribution < -0.4 is 10.6 Å². The first-order chi connectivity index (χ1) is 9.19. The van der Waals surface area contributed by atoms with Crippen molar-refractivity contribution in [2.24, 2.45) is 0 Å².